The zero-order valence-corrected chi connectivity index (χ0v) is 11.8. The van der Waals surface area contributed by atoms with Crippen LogP contribution in [0.5, 0.6) is 0 Å². The van der Waals surface area contributed by atoms with Gasteiger partial charge in [0.1, 0.15) is 11.6 Å². The van der Waals surface area contributed by atoms with E-state index in [0.717, 1.165) is 12.1 Å². The average Bonchev–Trinajstić information content (AvgIpc) is 2.40. The highest BCUT2D eigenvalue weighted by Gasteiger charge is 2.35. The van der Waals surface area contributed by atoms with Gasteiger partial charge in [0.2, 0.25) is 0 Å². The van der Waals surface area contributed by atoms with E-state index in [9.17, 15) is 22.4 Å². The first-order valence-electron chi connectivity index (χ1n) is 5.57. The second kappa shape index (κ2) is 5.80. The highest BCUT2D eigenvalue weighted by Crippen LogP contribution is 2.32. The number of hydrogen-bond acceptors (Lipinski definition) is 2. The first kappa shape index (κ1) is 15.4. The fourth-order valence-electron chi connectivity index (χ4n) is 1.56. The van der Waals surface area contributed by atoms with Crippen molar-refractivity contribution < 1.29 is 22.4 Å². The van der Waals surface area contributed by atoms with Crippen molar-refractivity contribution in [1.29, 1.82) is 0 Å². The van der Waals surface area contributed by atoms with Gasteiger partial charge in [-0.25, -0.2) is 9.37 Å². The number of benzene rings is 1. The van der Waals surface area contributed by atoms with Crippen LogP contribution in [0.1, 0.15) is 15.9 Å². The third kappa shape index (κ3) is 3.57. The molecule has 0 bridgehead atoms. The third-order valence-electron chi connectivity index (χ3n) is 2.52. The highest BCUT2D eigenvalue weighted by atomic mass is 79.9. The lowest BCUT2D eigenvalue weighted by molar-refractivity contribution is -0.140. The van der Waals surface area contributed by atoms with Crippen molar-refractivity contribution in [3.05, 3.63) is 57.9 Å². The third-order valence-corrected chi connectivity index (χ3v) is 2.99. The molecule has 2 rings (SSSR count). The molecule has 1 aromatic heterocycles. The molecule has 0 atom stereocenters. The van der Waals surface area contributed by atoms with Gasteiger partial charge in [-0.2, -0.15) is 13.2 Å². The van der Waals surface area contributed by atoms with E-state index in [-0.39, 0.29) is 5.82 Å². The maximum Gasteiger partial charge on any atom is 0.419 e. The van der Waals surface area contributed by atoms with Crippen molar-refractivity contribution in [2.45, 2.75) is 6.18 Å². The van der Waals surface area contributed by atoms with E-state index in [1.165, 1.54) is 12.3 Å². The molecule has 0 saturated heterocycles. The van der Waals surface area contributed by atoms with Crippen LogP contribution in [-0.4, -0.2) is 10.9 Å². The molecular weight excluding hydrogens is 356 g/mol. The summed E-state index contributed by atoms with van der Waals surface area (Å²) in [6.07, 6.45) is -3.48. The Kier molecular flexibility index (Phi) is 4.26. The van der Waals surface area contributed by atoms with E-state index >= 15 is 0 Å². The molecule has 0 aliphatic carbocycles. The lowest BCUT2D eigenvalue weighted by Crippen LogP contribution is -2.18. The van der Waals surface area contributed by atoms with Crippen molar-refractivity contribution in [3.8, 4) is 0 Å². The van der Waals surface area contributed by atoms with Gasteiger partial charge in [-0.3, -0.25) is 4.79 Å². The summed E-state index contributed by atoms with van der Waals surface area (Å²) in [4.78, 5) is 15.6. The molecule has 8 heteroatoms. The van der Waals surface area contributed by atoms with Crippen molar-refractivity contribution >= 4 is 27.7 Å². The minimum absolute atomic E-state index is 0.0972. The topological polar surface area (TPSA) is 42.0 Å². The maximum absolute atomic E-state index is 13.8. The van der Waals surface area contributed by atoms with Crippen molar-refractivity contribution in [3.63, 3.8) is 0 Å². The molecular formula is C13H7BrF4N2O. The van der Waals surface area contributed by atoms with E-state index in [4.69, 9.17) is 0 Å². The predicted molar refractivity (Wildman–Crippen MR) is 71.3 cm³/mol. The normalized spacial score (nSPS) is 11.3. The quantitative estimate of drug-likeness (QED) is 0.811. The molecule has 1 amide bonds. The number of pyridine rings is 1. The molecule has 0 unspecified atom stereocenters. The van der Waals surface area contributed by atoms with Crippen LogP contribution in [0, 0.1) is 5.82 Å². The van der Waals surface area contributed by atoms with Gasteiger partial charge in [-0.1, -0.05) is 6.07 Å². The summed E-state index contributed by atoms with van der Waals surface area (Å²) in [5.41, 5.74) is -2.19. The Hall–Kier alpha value is -1.96. The maximum atomic E-state index is 13.8. The van der Waals surface area contributed by atoms with Crippen LogP contribution in [0.4, 0.5) is 23.4 Å². The number of halogens is 5. The summed E-state index contributed by atoms with van der Waals surface area (Å²) >= 11 is 3.14. The lowest BCUT2D eigenvalue weighted by Gasteiger charge is -2.11. The SMILES string of the molecule is O=C(Nc1ccc(Br)cn1)c1cccc(C(F)(F)F)c1F. The lowest BCUT2D eigenvalue weighted by atomic mass is 10.1. The number of aromatic nitrogens is 1. The number of hydrogen-bond donors (Lipinski definition) is 1. The Morgan fingerprint density at radius 2 is 1.90 bits per heavy atom. The van der Waals surface area contributed by atoms with Crippen LogP contribution in [-0.2, 0) is 6.18 Å². The number of carbonyl (C=O) groups excluding carboxylic acids is 1. The van der Waals surface area contributed by atoms with E-state index in [2.05, 4.69) is 26.2 Å². The van der Waals surface area contributed by atoms with Gasteiger partial charge in [0.15, 0.2) is 0 Å². The fraction of sp³-hybridized carbons (Fsp3) is 0.0769. The number of nitrogens with zero attached hydrogens (tertiary/aromatic N) is 1. The summed E-state index contributed by atoms with van der Waals surface area (Å²) in [5.74, 6) is -2.52. The molecule has 0 saturated carbocycles. The van der Waals surface area contributed by atoms with Crippen LogP contribution in [0.25, 0.3) is 0 Å². The number of carbonyl (C=O) groups is 1. The van der Waals surface area contributed by atoms with Gasteiger partial charge in [0, 0.05) is 10.7 Å². The summed E-state index contributed by atoms with van der Waals surface area (Å²) in [6.45, 7) is 0. The highest BCUT2D eigenvalue weighted by molar-refractivity contribution is 9.10. The first-order valence-corrected chi connectivity index (χ1v) is 6.37. The van der Waals surface area contributed by atoms with Gasteiger partial charge >= 0.3 is 6.18 Å². The minimum Gasteiger partial charge on any atom is -0.306 e. The molecule has 0 aliphatic rings. The second-order valence-electron chi connectivity index (χ2n) is 3.98. The molecule has 3 nitrogen and oxygen atoms in total. The van der Waals surface area contributed by atoms with E-state index in [1.54, 1.807) is 6.07 Å². The summed E-state index contributed by atoms with van der Waals surface area (Å²) in [6, 6.07) is 5.51. The van der Waals surface area contributed by atoms with Crippen LogP contribution in [0.2, 0.25) is 0 Å². The predicted octanol–water partition coefficient (Wildman–Crippen LogP) is 4.25. The largest absolute Gasteiger partial charge is 0.419 e. The Labute approximate surface area is 125 Å². The molecule has 0 spiro atoms. The molecule has 0 fully saturated rings. The van der Waals surface area contributed by atoms with Gasteiger partial charge in [-0.15, -0.1) is 0 Å². The molecule has 0 aliphatic heterocycles. The monoisotopic (exact) mass is 362 g/mol. The van der Waals surface area contributed by atoms with Crippen LogP contribution < -0.4 is 5.32 Å². The number of alkyl halides is 3. The van der Waals surface area contributed by atoms with Crippen molar-refractivity contribution in [2.75, 3.05) is 5.32 Å². The van der Waals surface area contributed by atoms with Crippen molar-refractivity contribution in [1.82, 2.24) is 4.98 Å². The smallest absolute Gasteiger partial charge is 0.306 e. The molecule has 1 aromatic carbocycles. The molecule has 0 radical (unpaired) electrons. The minimum atomic E-state index is -4.86. The molecule has 2 aromatic rings. The Bertz CT molecular complexity index is 671. The summed E-state index contributed by atoms with van der Waals surface area (Å²) in [5, 5.41) is 2.23. The van der Waals surface area contributed by atoms with Gasteiger partial charge in [0.25, 0.3) is 5.91 Å². The zero-order chi connectivity index (χ0) is 15.6. The van der Waals surface area contributed by atoms with Gasteiger partial charge in [-0.05, 0) is 40.2 Å². The molecule has 110 valence electrons. The summed E-state index contributed by atoms with van der Waals surface area (Å²) in [7, 11) is 0. The molecule has 1 N–H and O–H groups in total. The Morgan fingerprint density at radius 3 is 2.48 bits per heavy atom. The van der Waals surface area contributed by atoms with E-state index < -0.39 is 29.0 Å². The number of amides is 1. The van der Waals surface area contributed by atoms with Gasteiger partial charge in [0.05, 0.1) is 11.1 Å². The fourth-order valence-corrected chi connectivity index (χ4v) is 1.79. The molecule has 1 heterocycles. The Balaban J connectivity index is 2.30. The number of nitrogens with one attached hydrogen (secondary N) is 1. The van der Waals surface area contributed by atoms with Crippen LogP contribution in [0.15, 0.2) is 41.0 Å². The first-order chi connectivity index (χ1) is 9.79. The Morgan fingerprint density at radius 1 is 1.19 bits per heavy atom. The van der Waals surface area contributed by atoms with Gasteiger partial charge < -0.3 is 5.32 Å². The second-order valence-corrected chi connectivity index (χ2v) is 4.90. The van der Waals surface area contributed by atoms with E-state index in [1.807, 2.05) is 0 Å². The van der Waals surface area contributed by atoms with Crippen LogP contribution >= 0.6 is 15.9 Å². The van der Waals surface area contributed by atoms with Crippen molar-refractivity contribution in [2.24, 2.45) is 0 Å². The zero-order valence-electron chi connectivity index (χ0n) is 10.2. The standard InChI is InChI=1S/C13H7BrF4N2O/c14-7-4-5-10(19-6-7)20-12(21)8-2-1-3-9(11(8)15)13(16,17)18/h1-6H,(H,19,20,21). The van der Waals surface area contributed by atoms with Crippen LogP contribution in [0.3, 0.4) is 0 Å². The summed E-state index contributed by atoms with van der Waals surface area (Å²) < 4.78 is 52.2. The average molecular weight is 363 g/mol. The molecule has 21 heavy (non-hydrogen) atoms. The number of anilines is 1. The van der Waals surface area contributed by atoms with E-state index in [0.29, 0.717) is 10.5 Å². The number of rotatable bonds is 2.